The van der Waals surface area contributed by atoms with Crippen molar-refractivity contribution < 1.29 is 14.4 Å². The average molecular weight is 196 g/mol. The third-order valence-corrected chi connectivity index (χ3v) is 2.65. The Labute approximate surface area is 81.1 Å². The van der Waals surface area contributed by atoms with E-state index >= 15 is 0 Å². The van der Waals surface area contributed by atoms with Crippen molar-refractivity contribution in [2.45, 2.75) is 38.0 Å². The van der Waals surface area contributed by atoms with Gasteiger partial charge in [-0.1, -0.05) is 13.3 Å². The van der Waals surface area contributed by atoms with Gasteiger partial charge in [-0.2, -0.15) is 4.98 Å². The van der Waals surface area contributed by atoms with Crippen LogP contribution in [0, 0.1) is 0 Å². The molecular formula is C9H12N2O3. The van der Waals surface area contributed by atoms with E-state index in [9.17, 15) is 4.79 Å². The number of hydrogen-bond acceptors (Lipinski definition) is 4. The summed E-state index contributed by atoms with van der Waals surface area (Å²) in [6.07, 6.45) is 4.10. The second-order valence-electron chi connectivity index (χ2n) is 3.76. The van der Waals surface area contributed by atoms with E-state index in [0.29, 0.717) is 5.89 Å². The first-order valence-electron chi connectivity index (χ1n) is 4.75. The van der Waals surface area contributed by atoms with Crippen LogP contribution in [0.25, 0.3) is 0 Å². The van der Waals surface area contributed by atoms with Crippen molar-refractivity contribution in [3.8, 4) is 0 Å². The van der Waals surface area contributed by atoms with Gasteiger partial charge in [0.15, 0.2) is 0 Å². The van der Waals surface area contributed by atoms with Crippen molar-refractivity contribution in [3.05, 3.63) is 11.7 Å². The molecule has 1 heterocycles. The van der Waals surface area contributed by atoms with Crippen molar-refractivity contribution in [2.75, 3.05) is 0 Å². The highest BCUT2D eigenvalue weighted by atomic mass is 16.5. The molecule has 1 N–H and O–H groups in total. The van der Waals surface area contributed by atoms with E-state index in [1.54, 1.807) is 0 Å². The van der Waals surface area contributed by atoms with Gasteiger partial charge in [-0.3, -0.25) is 0 Å². The normalized spacial score (nSPS) is 18.1. The van der Waals surface area contributed by atoms with Crippen LogP contribution < -0.4 is 0 Å². The minimum absolute atomic E-state index is 0.00451. The molecule has 1 saturated carbocycles. The Hall–Kier alpha value is -1.39. The Kier molecular flexibility index (Phi) is 2.02. The maximum Gasteiger partial charge on any atom is 0.377 e. The van der Waals surface area contributed by atoms with E-state index in [2.05, 4.69) is 17.1 Å². The van der Waals surface area contributed by atoms with Crippen LogP contribution in [0.1, 0.15) is 49.1 Å². The van der Waals surface area contributed by atoms with E-state index in [1.807, 2.05) is 0 Å². The summed E-state index contributed by atoms with van der Waals surface area (Å²) < 4.78 is 4.96. The van der Waals surface area contributed by atoms with E-state index in [0.717, 1.165) is 25.7 Å². The van der Waals surface area contributed by atoms with E-state index < -0.39 is 5.97 Å². The molecule has 0 saturated heterocycles. The quantitative estimate of drug-likeness (QED) is 0.791. The number of nitrogens with zero attached hydrogens (tertiary/aromatic N) is 2. The first kappa shape index (κ1) is 9.18. The predicted octanol–water partition coefficient (Wildman–Crippen LogP) is 1.60. The maximum absolute atomic E-state index is 10.5. The fourth-order valence-corrected chi connectivity index (χ4v) is 1.73. The maximum atomic E-state index is 10.5. The third kappa shape index (κ3) is 1.38. The largest absolute Gasteiger partial charge is 0.475 e. The summed E-state index contributed by atoms with van der Waals surface area (Å²) in [6.45, 7) is 2.09. The number of carbonyl (C=O) groups is 1. The van der Waals surface area contributed by atoms with Gasteiger partial charge in [0.05, 0.1) is 0 Å². The van der Waals surface area contributed by atoms with E-state index in [-0.39, 0.29) is 11.2 Å². The fourth-order valence-electron chi connectivity index (χ4n) is 1.73. The number of rotatable bonds is 4. The molecule has 1 fully saturated rings. The van der Waals surface area contributed by atoms with Crippen LogP contribution in [0.15, 0.2) is 4.52 Å². The molecule has 14 heavy (non-hydrogen) atoms. The third-order valence-electron chi connectivity index (χ3n) is 2.65. The molecule has 0 atom stereocenters. The Morgan fingerprint density at radius 1 is 1.64 bits per heavy atom. The van der Waals surface area contributed by atoms with Gasteiger partial charge < -0.3 is 9.63 Å². The summed E-state index contributed by atoms with van der Waals surface area (Å²) in [5, 5.41) is 12.0. The summed E-state index contributed by atoms with van der Waals surface area (Å²) in [5.74, 6) is -0.869. The SMILES string of the molecule is CCCC1(c2nc(C(=O)O)no2)CC1. The second-order valence-corrected chi connectivity index (χ2v) is 3.76. The number of aromatic carboxylic acids is 1. The summed E-state index contributed by atoms with van der Waals surface area (Å²) in [6, 6.07) is 0. The number of aromatic nitrogens is 2. The van der Waals surface area contributed by atoms with Gasteiger partial charge in [-0.05, 0) is 24.4 Å². The van der Waals surface area contributed by atoms with Gasteiger partial charge in [0.1, 0.15) is 0 Å². The highest BCUT2D eigenvalue weighted by Gasteiger charge is 2.48. The molecule has 1 aromatic heterocycles. The van der Waals surface area contributed by atoms with Crippen LogP contribution >= 0.6 is 0 Å². The molecule has 1 aliphatic rings. The molecule has 1 aliphatic carbocycles. The topological polar surface area (TPSA) is 76.2 Å². The van der Waals surface area contributed by atoms with Crippen molar-refractivity contribution in [2.24, 2.45) is 0 Å². The second kappa shape index (κ2) is 3.08. The molecule has 5 heteroatoms. The van der Waals surface area contributed by atoms with Crippen molar-refractivity contribution in [3.63, 3.8) is 0 Å². The first-order chi connectivity index (χ1) is 6.68. The van der Waals surface area contributed by atoms with Gasteiger partial charge >= 0.3 is 5.97 Å². The van der Waals surface area contributed by atoms with Crippen LogP contribution in [0.5, 0.6) is 0 Å². The van der Waals surface area contributed by atoms with Crippen LogP contribution in [-0.2, 0) is 5.41 Å². The highest BCUT2D eigenvalue weighted by Crippen LogP contribution is 2.50. The Morgan fingerprint density at radius 3 is 2.79 bits per heavy atom. The van der Waals surface area contributed by atoms with Crippen LogP contribution in [0.2, 0.25) is 0 Å². The summed E-state index contributed by atoms with van der Waals surface area (Å²) >= 11 is 0. The summed E-state index contributed by atoms with van der Waals surface area (Å²) in [7, 11) is 0. The first-order valence-corrected chi connectivity index (χ1v) is 4.75. The molecular weight excluding hydrogens is 184 g/mol. The molecule has 0 amide bonds. The standard InChI is InChI=1S/C9H12N2O3/c1-2-3-9(4-5-9)8-10-6(7(12)13)11-14-8/h2-5H2,1H3,(H,12,13). The molecule has 5 nitrogen and oxygen atoms in total. The average Bonchev–Trinajstić information content (AvgIpc) is 2.77. The van der Waals surface area contributed by atoms with Gasteiger partial charge in [0, 0.05) is 5.41 Å². The van der Waals surface area contributed by atoms with Crippen LogP contribution in [0.3, 0.4) is 0 Å². The molecule has 0 spiro atoms. The lowest BCUT2D eigenvalue weighted by molar-refractivity contribution is 0.0680. The summed E-state index contributed by atoms with van der Waals surface area (Å²) in [5.41, 5.74) is -0.00451. The Morgan fingerprint density at radius 2 is 2.36 bits per heavy atom. The van der Waals surface area contributed by atoms with Crippen LogP contribution in [0.4, 0.5) is 0 Å². The van der Waals surface area contributed by atoms with Gasteiger partial charge in [-0.15, -0.1) is 0 Å². The van der Waals surface area contributed by atoms with Crippen molar-refractivity contribution in [1.82, 2.24) is 10.1 Å². The minimum atomic E-state index is -1.13. The lowest BCUT2D eigenvalue weighted by Gasteiger charge is -2.05. The monoisotopic (exact) mass is 196 g/mol. The molecule has 1 aromatic rings. The lowest BCUT2D eigenvalue weighted by atomic mass is 10.0. The van der Waals surface area contributed by atoms with Gasteiger partial charge in [0.2, 0.25) is 5.89 Å². The van der Waals surface area contributed by atoms with Crippen molar-refractivity contribution in [1.29, 1.82) is 0 Å². The minimum Gasteiger partial charge on any atom is -0.475 e. The number of carboxylic acids is 1. The zero-order chi connectivity index (χ0) is 10.2. The number of hydrogen-bond donors (Lipinski definition) is 1. The molecule has 0 radical (unpaired) electrons. The predicted molar refractivity (Wildman–Crippen MR) is 47.1 cm³/mol. The summed E-state index contributed by atoms with van der Waals surface area (Å²) in [4.78, 5) is 14.4. The van der Waals surface area contributed by atoms with Gasteiger partial charge in [-0.25, -0.2) is 4.79 Å². The van der Waals surface area contributed by atoms with Crippen LogP contribution in [-0.4, -0.2) is 21.2 Å². The Bertz CT molecular complexity index is 355. The highest BCUT2D eigenvalue weighted by molar-refractivity contribution is 5.82. The molecule has 76 valence electrons. The van der Waals surface area contributed by atoms with E-state index in [1.165, 1.54) is 0 Å². The zero-order valence-electron chi connectivity index (χ0n) is 7.99. The van der Waals surface area contributed by atoms with Gasteiger partial charge in [0.25, 0.3) is 5.82 Å². The Balaban J connectivity index is 2.20. The molecule has 2 rings (SSSR count). The van der Waals surface area contributed by atoms with Crippen molar-refractivity contribution >= 4 is 5.97 Å². The fraction of sp³-hybridized carbons (Fsp3) is 0.667. The van der Waals surface area contributed by atoms with E-state index in [4.69, 9.17) is 9.63 Å². The smallest absolute Gasteiger partial charge is 0.377 e. The lowest BCUT2D eigenvalue weighted by Crippen LogP contribution is -2.07. The number of carboxylic acid groups (broad SMARTS) is 1. The molecule has 0 aliphatic heterocycles. The molecule has 0 aromatic carbocycles. The molecule has 0 unspecified atom stereocenters. The zero-order valence-corrected chi connectivity index (χ0v) is 7.99. The molecule has 0 bridgehead atoms.